The molecule has 9 heteroatoms. The number of nitro benzene ring substituents is 1. The number of amides is 1. The Hall–Kier alpha value is -4.40. The standard InChI is InChI=1S/C22H17N3O6/c1-29-18-10-7-13(11-20(18)30-2)21(26)23-16-6-4-3-5-15(16)22-24-17-9-8-14(25(27)28)12-19(17)31-22/h3-12H,1-2H3,(H,23,26). The van der Waals surface area contributed by atoms with E-state index in [1.165, 1.54) is 32.4 Å². The highest BCUT2D eigenvalue weighted by Crippen LogP contribution is 2.32. The first-order valence-corrected chi connectivity index (χ1v) is 9.18. The van der Waals surface area contributed by atoms with E-state index >= 15 is 0 Å². The van der Waals surface area contributed by atoms with Crippen molar-refractivity contribution < 1.29 is 23.6 Å². The van der Waals surface area contributed by atoms with E-state index in [9.17, 15) is 14.9 Å². The summed E-state index contributed by atoms with van der Waals surface area (Å²) in [6.45, 7) is 0. The zero-order valence-electron chi connectivity index (χ0n) is 16.6. The van der Waals surface area contributed by atoms with Crippen LogP contribution in [0.25, 0.3) is 22.6 Å². The van der Waals surface area contributed by atoms with Crippen LogP contribution in [0, 0.1) is 10.1 Å². The number of carbonyl (C=O) groups is 1. The summed E-state index contributed by atoms with van der Waals surface area (Å²) in [7, 11) is 3.01. The molecule has 31 heavy (non-hydrogen) atoms. The van der Waals surface area contributed by atoms with E-state index in [1.807, 2.05) is 0 Å². The van der Waals surface area contributed by atoms with Crippen molar-refractivity contribution >= 4 is 28.4 Å². The minimum absolute atomic E-state index is 0.0924. The number of methoxy groups -OCH3 is 2. The van der Waals surface area contributed by atoms with Gasteiger partial charge in [0.1, 0.15) is 5.52 Å². The monoisotopic (exact) mass is 419 g/mol. The molecule has 0 spiro atoms. The summed E-state index contributed by atoms with van der Waals surface area (Å²) in [5, 5.41) is 13.8. The maximum absolute atomic E-state index is 12.8. The second-order valence-electron chi connectivity index (χ2n) is 6.50. The lowest BCUT2D eigenvalue weighted by Gasteiger charge is -2.11. The van der Waals surface area contributed by atoms with Gasteiger partial charge in [0.2, 0.25) is 5.89 Å². The summed E-state index contributed by atoms with van der Waals surface area (Å²) in [4.78, 5) is 27.7. The van der Waals surface area contributed by atoms with Crippen LogP contribution in [0.1, 0.15) is 10.4 Å². The third-order valence-electron chi connectivity index (χ3n) is 4.63. The van der Waals surface area contributed by atoms with Gasteiger partial charge in [-0.25, -0.2) is 4.98 Å². The first kappa shape index (κ1) is 19.9. The number of oxazole rings is 1. The van der Waals surface area contributed by atoms with Gasteiger partial charge in [-0.05, 0) is 36.4 Å². The number of hydrogen-bond donors (Lipinski definition) is 1. The lowest BCUT2D eigenvalue weighted by Crippen LogP contribution is -2.13. The largest absolute Gasteiger partial charge is 0.493 e. The molecule has 0 aliphatic carbocycles. The molecule has 4 aromatic rings. The van der Waals surface area contributed by atoms with Crippen LogP contribution in [-0.2, 0) is 0 Å². The average Bonchev–Trinajstić information content (AvgIpc) is 3.22. The number of hydrogen-bond acceptors (Lipinski definition) is 7. The number of anilines is 1. The third kappa shape index (κ3) is 3.88. The summed E-state index contributed by atoms with van der Waals surface area (Å²) in [5.41, 5.74) is 2.05. The molecule has 0 bridgehead atoms. The number of rotatable bonds is 6. The Kier molecular flexibility index (Phi) is 5.23. The molecule has 0 saturated carbocycles. The molecule has 1 N–H and O–H groups in total. The fraction of sp³-hybridized carbons (Fsp3) is 0.0909. The van der Waals surface area contributed by atoms with Gasteiger partial charge in [-0.2, -0.15) is 0 Å². The number of para-hydroxylation sites is 1. The molecule has 1 heterocycles. The molecule has 9 nitrogen and oxygen atoms in total. The molecule has 0 saturated heterocycles. The third-order valence-corrected chi connectivity index (χ3v) is 4.63. The van der Waals surface area contributed by atoms with E-state index in [1.54, 1.807) is 42.5 Å². The summed E-state index contributed by atoms with van der Waals surface area (Å²) >= 11 is 0. The molecule has 0 radical (unpaired) electrons. The zero-order valence-corrected chi connectivity index (χ0v) is 16.6. The quantitative estimate of drug-likeness (QED) is 0.356. The topological polar surface area (TPSA) is 117 Å². The number of nitrogens with one attached hydrogen (secondary N) is 1. The summed E-state index contributed by atoms with van der Waals surface area (Å²) in [5.74, 6) is 0.822. The van der Waals surface area contributed by atoms with Crippen LogP contribution in [-0.4, -0.2) is 30.0 Å². The van der Waals surface area contributed by atoms with Crippen LogP contribution in [0.2, 0.25) is 0 Å². The molecule has 1 amide bonds. The molecule has 3 aromatic carbocycles. The van der Waals surface area contributed by atoms with Crippen molar-refractivity contribution in [2.75, 3.05) is 19.5 Å². The highest BCUT2D eigenvalue weighted by atomic mass is 16.6. The van der Waals surface area contributed by atoms with E-state index in [0.717, 1.165) is 0 Å². The highest BCUT2D eigenvalue weighted by molar-refractivity contribution is 6.06. The SMILES string of the molecule is COc1ccc(C(=O)Nc2ccccc2-c2nc3ccc([N+](=O)[O-])cc3o2)cc1OC. The maximum Gasteiger partial charge on any atom is 0.273 e. The van der Waals surface area contributed by atoms with E-state index in [0.29, 0.717) is 33.8 Å². The van der Waals surface area contributed by atoms with Crippen molar-refractivity contribution in [1.82, 2.24) is 4.98 Å². The van der Waals surface area contributed by atoms with Crippen molar-refractivity contribution in [3.63, 3.8) is 0 Å². The predicted molar refractivity (Wildman–Crippen MR) is 114 cm³/mol. The van der Waals surface area contributed by atoms with E-state index < -0.39 is 4.92 Å². The number of aromatic nitrogens is 1. The molecule has 1 aromatic heterocycles. The predicted octanol–water partition coefficient (Wildman–Crippen LogP) is 4.67. The van der Waals surface area contributed by atoms with E-state index in [4.69, 9.17) is 13.9 Å². The lowest BCUT2D eigenvalue weighted by molar-refractivity contribution is -0.384. The van der Waals surface area contributed by atoms with Gasteiger partial charge in [-0.15, -0.1) is 0 Å². The molecular formula is C22H17N3O6. The number of benzene rings is 3. The minimum atomic E-state index is -0.501. The molecule has 0 fully saturated rings. The van der Waals surface area contributed by atoms with Crippen molar-refractivity contribution in [1.29, 1.82) is 0 Å². The number of ether oxygens (including phenoxy) is 2. The summed E-state index contributed by atoms with van der Waals surface area (Å²) in [6, 6.07) is 16.0. The second-order valence-corrected chi connectivity index (χ2v) is 6.50. The van der Waals surface area contributed by atoms with Crippen LogP contribution in [0.5, 0.6) is 11.5 Å². The Balaban J connectivity index is 1.67. The smallest absolute Gasteiger partial charge is 0.273 e. The second kappa shape index (κ2) is 8.15. The van der Waals surface area contributed by atoms with Gasteiger partial charge in [-0.3, -0.25) is 14.9 Å². The Bertz CT molecular complexity index is 1300. The van der Waals surface area contributed by atoms with Gasteiger partial charge < -0.3 is 19.2 Å². The van der Waals surface area contributed by atoms with Crippen LogP contribution in [0.15, 0.2) is 65.1 Å². The maximum atomic E-state index is 12.8. The average molecular weight is 419 g/mol. The van der Waals surface area contributed by atoms with Gasteiger partial charge in [-0.1, -0.05) is 12.1 Å². The fourth-order valence-electron chi connectivity index (χ4n) is 3.09. The lowest BCUT2D eigenvalue weighted by atomic mass is 10.1. The number of fused-ring (bicyclic) bond motifs is 1. The summed E-state index contributed by atoms with van der Waals surface area (Å²) in [6.07, 6.45) is 0. The molecule has 0 aliphatic rings. The van der Waals surface area contributed by atoms with Crippen molar-refractivity contribution in [2.24, 2.45) is 0 Å². The molecule has 0 unspecified atom stereocenters. The van der Waals surface area contributed by atoms with Crippen LogP contribution >= 0.6 is 0 Å². The first-order chi connectivity index (χ1) is 15.0. The van der Waals surface area contributed by atoms with Gasteiger partial charge in [0, 0.05) is 11.6 Å². The number of nitrogens with zero attached hydrogens (tertiary/aromatic N) is 2. The van der Waals surface area contributed by atoms with Crippen molar-refractivity contribution in [3.8, 4) is 23.0 Å². The van der Waals surface area contributed by atoms with Crippen molar-refractivity contribution in [2.45, 2.75) is 0 Å². The normalized spacial score (nSPS) is 10.6. The van der Waals surface area contributed by atoms with Crippen LogP contribution < -0.4 is 14.8 Å². The first-order valence-electron chi connectivity index (χ1n) is 9.18. The highest BCUT2D eigenvalue weighted by Gasteiger charge is 2.17. The molecular weight excluding hydrogens is 402 g/mol. The fourth-order valence-corrected chi connectivity index (χ4v) is 3.09. The molecule has 4 rings (SSSR count). The zero-order chi connectivity index (χ0) is 22.0. The van der Waals surface area contributed by atoms with Gasteiger partial charge in [0.05, 0.1) is 36.5 Å². The Morgan fingerprint density at radius 1 is 1.03 bits per heavy atom. The number of carbonyl (C=O) groups excluding carboxylic acids is 1. The molecule has 0 atom stereocenters. The van der Waals surface area contributed by atoms with Crippen LogP contribution in [0.3, 0.4) is 0 Å². The molecule has 0 aliphatic heterocycles. The Morgan fingerprint density at radius 2 is 1.81 bits per heavy atom. The van der Waals surface area contributed by atoms with E-state index in [-0.39, 0.29) is 23.1 Å². The number of nitro groups is 1. The van der Waals surface area contributed by atoms with Crippen molar-refractivity contribution in [3.05, 3.63) is 76.3 Å². The minimum Gasteiger partial charge on any atom is -0.493 e. The Morgan fingerprint density at radius 3 is 2.55 bits per heavy atom. The Labute approximate surface area is 176 Å². The van der Waals surface area contributed by atoms with Crippen LogP contribution in [0.4, 0.5) is 11.4 Å². The summed E-state index contributed by atoms with van der Waals surface area (Å²) < 4.78 is 16.2. The van der Waals surface area contributed by atoms with Gasteiger partial charge in [0.15, 0.2) is 17.1 Å². The van der Waals surface area contributed by atoms with Gasteiger partial charge in [0.25, 0.3) is 11.6 Å². The van der Waals surface area contributed by atoms with Gasteiger partial charge >= 0.3 is 0 Å². The number of non-ortho nitro benzene ring substituents is 1. The van der Waals surface area contributed by atoms with E-state index in [2.05, 4.69) is 10.3 Å². The molecule has 156 valence electrons.